The summed E-state index contributed by atoms with van der Waals surface area (Å²) in [5.41, 5.74) is 1.18. The smallest absolute Gasteiger partial charge is 0.113 e. The SMILES string of the molecule is CCCC1CC(NC(C)C)(c2nc(C)c(C)s2)CCO1. The van der Waals surface area contributed by atoms with Gasteiger partial charge in [0.05, 0.1) is 17.3 Å². The molecule has 2 unspecified atom stereocenters. The fourth-order valence-corrected chi connectivity index (χ4v) is 4.18. The van der Waals surface area contributed by atoms with Crippen LogP contribution in [0.25, 0.3) is 0 Å². The molecule has 0 saturated carbocycles. The molecule has 0 aromatic carbocycles. The Hall–Kier alpha value is -0.450. The van der Waals surface area contributed by atoms with Crippen LogP contribution in [0.4, 0.5) is 0 Å². The van der Waals surface area contributed by atoms with Gasteiger partial charge in [-0.05, 0) is 47.0 Å². The van der Waals surface area contributed by atoms with Crippen molar-refractivity contribution < 1.29 is 4.74 Å². The summed E-state index contributed by atoms with van der Waals surface area (Å²) in [6, 6.07) is 0.458. The topological polar surface area (TPSA) is 34.2 Å². The first kappa shape index (κ1) is 15.9. The molecule has 1 aromatic heterocycles. The van der Waals surface area contributed by atoms with Gasteiger partial charge in [0.15, 0.2) is 0 Å². The van der Waals surface area contributed by atoms with Gasteiger partial charge in [0.2, 0.25) is 0 Å². The summed E-state index contributed by atoms with van der Waals surface area (Å²) in [6.07, 6.45) is 4.76. The summed E-state index contributed by atoms with van der Waals surface area (Å²) in [7, 11) is 0. The highest BCUT2D eigenvalue weighted by Gasteiger charge is 2.41. The van der Waals surface area contributed by atoms with E-state index in [9.17, 15) is 0 Å². The van der Waals surface area contributed by atoms with Crippen LogP contribution >= 0.6 is 11.3 Å². The molecule has 1 aliphatic heterocycles. The fraction of sp³-hybridized carbons (Fsp3) is 0.812. The van der Waals surface area contributed by atoms with Crippen LogP contribution in [0, 0.1) is 13.8 Å². The van der Waals surface area contributed by atoms with E-state index in [0.717, 1.165) is 25.9 Å². The van der Waals surface area contributed by atoms with Crippen molar-refractivity contribution in [3.63, 3.8) is 0 Å². The zero-order chi connectivity index (χ0) is 14.8. The Bertz CT molecular complexity index is 422. The van der Waals surface area contributed by atoms with Crippen molar-refractivity contribution in [1.29, 1.82) is 0 Å². The Labute approximate surface area is 127 Å². The predicted molar refractivity (Wildman–Crippen MR) is 85.4 cm³/mol. The third-order valence-electron chi connectivity index (χ3n) is 4.07. The van der Waals surface area contributed by atoms with E-state index in [1.807, 2.05) is 11.3 Å². The summed E-state index contributed by atoms with van der Waals surface area (Å²) in [6.45, 7) is 11.8. The lowest BCUT2D eigenvalue weighted by Crippen LogP contribution is -2.51. The van der Waals surface area contributed by atoms with E-state index in [0.29, 0.717) is 12.1 Å². The van der Waals surface area contributed by atoms with Gasteiger partial charge >= 0.3 is 0 Å². The van der Waals surface area contributed by atoms with Gasteiger partial charge in [0.25, 0.3) is 0 Å². The Morgan fingerprint density at radius 3 is 2.75 bits per heavy atom. The minimum atomic E-state index is 0.00986. The molecular weight excluding hydrogens is 268 g/mol. The van der Waals surface area contributed by atoms with Crippen LogP contribution < -0.4 is 5.32 Å². The van der Waals surface area contributed by atoms with Crippen molar-refractivity contribution in [3.8, 4) is 0 Å². The van der Waals surface area contributed by atoms with Crippen LogP contribution in [0.2, 0.25) is 0 Å². The van der Waals surface area contributed by atoms with Crippen molar-refractivity contribution >= 4 is 11.3 Å². The average molecular weight is 296 g/mol. The maximum atomic E-state index is 5.95. The molecule has 1 fully saturated rings. The lowest BCUT2D eigenvalue weighted by Gasteiger charge is -2.41. The lowest BCUT2D eigenvalue weighted by atomic mass is 9.85. The number of aryl methyl sites for hydroxylation is 2. The number of aromatic nitrogens is 1. The van der Waals surface area contributed by atoms with Crippen molar-refractivity contribution in [2.45, 2.75) is 78.0 Å². The molecule has 20 heavy (non-hydrogen) atoms. The molecule has 1 aliphatic rings. The van der Waals surface area contributed by atoms with Gasteiger partial charge in [-0.15, -0.1) is 11.3 Å². The largest absolute Gasteiger partial charge is 0.378 e. The molecule has 1 N–H and O–H groups in total. The van der Waals surface area contributed by atoms with Gasteiger partial charge in [0.1, 0.15) is 5.01 Å². The third kappa shape index (κ3) is 3.41. The zero-order valence-corrected chi connectivity index (χ0v) is 14.3. The third-order valence-corrected chi connectivity index (χ3v) is 5.35. The monoisotopic (exact) mass is 296 g/mol. The molecule has 114 valence electrons. The number of nitrogens with zero attached hydrogens (tertiary/aromatic N) is 1. The standard InChI is InChI=1S/C16H28N2OS/c1-6-7-14-10-16(8-9-19-14,18-11(2)3)15-17-12(4)13(5)20-15/h11,14,18H,6-10H2,1-5H3. The molecule has 0 aliphatic carbocycles. The van der Waals surface area contributed by atoms with E-state index in [4.69, 9.17) is 9.72 Å². The van der Waals surface area contributed by atoms with Crippen LogP contribution in [0.5, 0.6) is 0 Å². The Kier molecular flexibility index (Phi) is 5.21. The van der Waals surface area contributed by atoms with Gasteiger partial charge in [-0.3, -0.25) is 0 Å². The average Bonchev–Trinajstić information content (AvgIpc) is 2.70. The van der Waals surface area contributed by atoms with E-state index in [2.05, 4.69) is 39.9 Å². The van der Waals surface area contributed by atoms with Crippen molar-refractivity contribution in [3.05, 3.63) is 15.6 Å². The number of ether oxygens (including phenoxy) is 1. The first-order chi connectivity index (χ1) is 9.47. The molecule has 0 spiro atoms. The van der Waals surface area contributed by atoms with E-state index < -0.39 is 0 Å². The van der Waals surface area contributed by atoms with Crippen molar-refractivity contribution in [1.82, 2.24) is 10.3 Å². The molecule has 0 radical (unpaired) electrons. The van der Waals surface area contributed by atoms with Gasteiger partial charge < -0.3 is 10.1 Å². The summed E-state index contributed by atoms with van der Waals surface area (Å²) in [5.74, 6) is 0. The van der Waals surface area contributed by atoms with Crippen LogP contribution in [-0.4, -0.2) is 23.7 Å². The molecule has 4 heteroatoms. The van der Waals surface area contributed by atoms with Crippen molar-refractivity contribution in [2.75, 3.05) is 6.61 Å². The first-order valence-corrected chi connectivity index (χ1v) is 8.62. The highest BCUT2D eigenvalue weighted by Crippen LogP contribution is 2.39. The van der Waals surface area contributed by atoms with E-state index >= 15 is 0 Å². The minimum Gasteiger partial charge on any atom is -0.378 e. The number of rotatable bonds is 5. The Morgan fingerprint density at radius 1 is 1.45 bits per heavy atom. The molecule has 3 nitrogen and oxygen atoms in total. The number of hydrogen-bond acceptors (Lipinski definition) is 4. The van der Waals surface area contributed by atoms with Crippen LogP contribution in [0.1, 0.15) is 62.0 Å². The fourth-order valence-electron chi connectivity index (χ4n) is 3.07. The second kappa shape index (κ2) is 6.54. The molecule has 2 rings (SSSR count). The maximum Gasteiger partial charge on any atom is 0.113 e. The highest BCUT2D eigenvalue weighted by atomic mass is 32.1. The predicted octanol–water partition coefficient (Wildman–Crippen LogP) is 3.93. The summed E-state index contributed by atoms with van der Waals surface area (Å²) in [4.78, 5) is 6.19. The van der Waals surface area contributed by atoms with E-state index in [-0.39, 0.29) is 5.54 Å². The summed E-state index contributed by atoms with van der Waals surface area (Å²) < 4.78 is 5.95. The van der Waals surface area contributed by atoms with Crippen LogP contribution in [0.15, 0.2) is 0 Å². The van der Waals surface area contributed by atoms with Crippen LogP contribution in [0.3, 0.4) is 0 Å². The van der Waals surface area contributed by atoms with Gasteiger partial charge in [-0.25, -0.2) is 4.98 Å². The quantitative estimate of drug-likeness (QED) is 0.894. The molecule has 0 amide bonds. The molecule has 2 atom stereocenters. The normalized spacial score (nSPS) is 27.2. The van der Waals surface area contributed by atoms with E-state index in [1.165, 1.54) is 22.0 Å². The van der Waals surface area contributed by atoms with Gasteiger partial charge in [0, 0.05) is 17.5 Å². The lowest BCUT2D eigenvalue weighted by molar-refractivity contribution is -0.0371. The van der Waals surface area contributed by atoms with E-state index in [1.54, 1.807) is 0 Å². The summed E-state index contributed by atoms with van der Waals surface area (Å²) in [5, 5.41) is 5.06. The second-order valence-corrected chi connectivity index (χ2v) is 7.48. The van der Waals surface area contributed by atoms with Crippen LogP contribution in [-0.2, 0) is 10.3 Å². The zero-order valence-electron chi connectivity index (χ0n) is 13.5. The number of thiazole rings is 1. The van der Waals surface area contributed by atoms with Gasteiger partial charge in [-0.2, -0.15) is 0 Å². The minimum absolute atomic E-state index is 0.00986. The first-order valence-electron chi connectivity index (χ1n) is 7.80. The maximum absolute atomic E-state index is 5.95. The highest BCUT2D eigenvalue weighted by molar-refractivity contribution is 7.11. The Morgan fingerprint density at radius 2 is 2.20 bits per heavy atom. The summed E-state index contributed by atoms with van der Waals surface area (Å²) >= 11 is 1.85. The molecule has 1 saturated heterocycles. The van der Waals surface area contributed by atoms with Crippen molar-refractivity contribution in [2.24, 2.45) is 0 Å². The second-order valence-electron chi connectivity index (χ2n) is 6.28. The molecule has 0 bridgehead atoms. The molecule has 1 aromatic rings. The molecular formula is C16H28N2OS. The number of nitrogens with one attached hydrogen (secondary N) is 1. The van der Waals surface area contributed by atoms with Gasteiger partial charge in [-0.1, -0.05) is 13.3 Å². The number of hydrogen-bond donors (Lipinski definition) is 1. The molecule has 2 heterocycles. The Balaban J connectivity index is 2.29.